The third-order valence-corrected chi connectivity index (χ3v) is 3.97. The maximum Gasteiger partial charge on any atom is 0.342 e. The number of carbonyl (C=O) groups excluding carboxylic acids is 2. The first-order valence-electron chi connectivity index (χ1n) is 7.82. The standard InChI is InChI=1S/C17H23NO6/c1-11(16(19)18-9-5-6-10-18)24-17(20)12-7-8-13(21-2)15(23-4)14(12)22-3/h7-8,11H,5-6,9-10H2,1-4H3/t11-/m0/s1. The highest BCUT2D eigenvalue weighted by Gasteiger charge is 2.28. The molecule has 0 spiro atoms. The third kappa shape index (κ3) is 3.55. The molecule has 1 aliphatic rings. The summed E-state index contributed by atoms with van der Waals surface area (Å²) < 4.78 is 21.0. The maximum absolute atomic E-state index is 12.5. The van der Waals surface area contributed by atoms with Crippen molar-refractivity contribution >= 4 is 11.9 Å². The number of amides is 1. The number of ether oxygens (including phenoxy) is 4. The van der Waals surface area contributed by atoms with Crippen LogP contribution in [0.1, 0.15) is 30.1 Å². The SMILES string of the molecule is COc1ccc(C(=O)O[C@@H](C)C(=O)N2CCCC2)c(OC)c1OC. The summed E-state index contributed by atoms with van der Waals surface area (Å²) in [5.41, 5.74) is 0.177. The van der Waals surface area contributed by atoms with E-state index in [9.17, 15) is 9.59 Å². The van der Waals surface area contributed by atoms with E-state index >= 15 is 0 Å². The predicted molar refractivity (Wildman–Crippen MR) is 86.8 cm³/mol. The molecule has 0 radical (unpaired) electrons. The molecule has 1 heterocycles. The molecule has 0 unspecified atom stereocenters. The lowest BCUT2D eigenvalue weighted by Crippen LogP contribution is -2.38. The van der Waals surface area contributed by atoms with Crippen LogP contribution in [0.5, 0.6) is 17.2 Å². The van der Waals surface area contributed by atoms with Gasteiger partial charge in [0.05, 0.1) is 21.3 Å². The van der Waals surface area contributed by atoms with Gasteiger partial charge in [-0.2, -0.15) is 0 Å². The van der Waals surface area contributed by atoms with Gasteiger partial charge in [0.2, 0.25) is 5.75 Å². The summed E-state index contributed by atoms with van der Waals surface area (Å²) in [5.74, 6) is 0.121. The van der Waals surface area contributed by atoms with Gasteiger partial charge in [-0.05, 0) is 31.9 Å². The van der Waals surface area contributed by atoms with E-state index in [1.807, 2.05) is 0 Å². The van der Waals surface area contributed by atoms with Crippen LogP contribution in [0.2, 0.25) is 0 Å². The number of rotatable bonds is 6. The van der Waals surface area contributed by atoms with Crippen molar-refractivity contribution in [2.24, 2.45) is 0 Å². The molecular weight excluding hydrogens is 314 g/mol. The predicted octanol–water partition coefficient (Wildman–Crippen LogP) is 1.88. The smallest absolute Gasteiger partial charge is 0.342 e. The highest BCUT2D eigenvalue weighted by molar-refractivity contribution is 5.96. The number of carbonyl (C=O) groups is 2. The lowest BCUT2D eigenvalue weighted by Gasteiger charge is -2.21. The van der Waals surface area contributed by atoms with Gasteiger partial charge in [-0.15, -0.1) is 0 Å². The van der Waals surface area contributed by atoms with Crippen molar-refractivity contribution < 1.29 is 28.5 Å². The molecule has 0 bridgehead atoms. The second kappa shape index (κ2) is 7.90. The van der Waals surface area contributed by atoms with Gasteiger partial charge < -0.3 is 23.8 Å². The second-order valence-electron chi connectivity index (χ2n) is 5.46. The molecule has 0 N–H and O–H groups in total. The van der Waals surface area contributed by atoms with Gasteiger partial charge in [-0.25, -0.2) is 4.79 Å². The fourth-order valence-electron chi connectivity index (χ4n) is 2.73. The number of benzene rings is 1. The quantitative estimate of drug-likeness (QED) is 0.738. The molecule has 0 aromatic heterocycles. The first-order chi connectivity index (χ1) is 11.5. The van der Waals surface area contributed by atoms with Crippen molar-refractivity contribution in [2.75, 3.05) is 34.4 Å². The fourth-order valence-corrected chi connectivity index (χ4v) is 2.73. The van der Waals surface area contributed by atoms with E-state index in [1.165, 1.54) is 27.4 Å². The Bertz CT molecular complexity index is 609. The number of hydrogen-bond acceptors (Lipinski definition) is 6. The van der Waals surface area contributed by atoms with Crippen LogP contribution < -0.4 is 14.2 Å². The minimum atomic E-state index is -0.853. The summed E-state index contributed by atoms with van der Waals surface area (Å²) in [7, 11) is 4.37. The number of hydrogen-bond donors (Lipinski definition) is 0. The van der Waals surface area contributed by atoms with E-state index in [0.717, 1.165) is 12.8 Å². The maximum atomic E-state index is 12.5. The van der Waals surface area contributed by atoms with E-state index in [1.54, 1.807) is 17.9 Å². The molecule has 24 heavy (non-hydrogen) atoms. The number of methoxy groups -OCH3 is 3. The summed E-state index contributed by atoms with van der Waals surface area (Å²) in [5, 5.41) is 0. The van der Waals surface area contributed by atoms with Crippen LogP contribution in [-0.4, -0.2) is 57.3 Å². The van der Waals surface area contributed by atoms with E-state index in [2.05, 4.69) is 0 Å². The Balaban J connectivity index is 2.18. The van der Waals surface area contributed by atoms with Gasteiger partial charge in [-0.3, -0.25) is 4.79 Å². The largest absolute Gasteiger partial charge is 0.493 e. The molecular formula is C17H23NO6. The normalized spacial score (nSPS) is 14.9. The summed E-state index contributed by atoms with van der Waals surface area (Å²) in [6, 6.07) is 3.11. The molecule has 1 amide bonds. The monoisotopic (exact) mass is 337 g/mol. The zero-order valence-electron chi connectivity index (χ0n) is 14.5. The average Bonchev–Trinajstić information content (AvgIpc) is 3.13. The van der Waals surface area contributed by atoms with Gasteiger partial charge in [0.15, 0.2) is 17.6 Å². The van der Waals surface area contributed by atoms with Gasteiger partial charge >= 0.3 is 5.97 Å². The van der Waals surface area contributed by atoms with Crippen molar-refractivity contribution in [1.29, 1.82) is 0 Å². The highest BCUT2D eigenvalue weighted by Crippen LogP contribution is 2.40. The van der Waals surface area contributed by atoms with Crippen LogP contribution in [0.15, 0.2) is 12.1 Å². The Kier molecular flexibility index (Phi) is 5.89. The van der Waals surface area contributed by atoms with Gasteiger partial charge in [0.1, 0.15) is 5.56 Å². The van der Waals surface area contributed by atoms with Crippen LogP contribution >= 0.6 is 0 Å². The van der Waals surface area contributed by atoms with Crippen LogP contribution in [0, 0.1) is 0 Å². The summed E-state index contributed by atoms with van der Waals surface area (Å²) in [4.78, 5) is 26.4. The minimum absolute atomic E-state index is 0.177. The summed E-state index contributed by atoms with van der Waals surface area (Å²) >= 11 is 0. The Morgan fingerprint density at radius 3 is 2.17 bits per heavy atom. The van der Waals surface area contributed by atoms with Crippen LogP contribution in [0.3, 0.4) is 0 Å². The lowest BCUT2D eigenvalue weighted by molar-refractivity contribution is -0.138. The number of nitrogens with zero attached hydrogens (tertiary/aromatic N) is 1. The Hall–Kier alpha value is -2.44. The molecule has 7 heteroatoms. The zero-order chi connectivity index (χ0) is 17.7. The van der Waals surface area contributed by atoms with E-state index in [4.69, 9.17) is 18.9 Å². The highest BCUT2D eigenvalue weighted by atomic mass is 16.6. The van der Waals surface area contributed by atoms with Crippen molar-refractivity contribution in [2.45, 2.75) is 25.9 Å². The van der Waals surface area contributed by atoms with Crippen LogP contribution in [0.4, 0.5) is 0 Å². The van der Waals surface area contributed by atoms with E-state index in [0.29, 0.717) is 24.6 Å². The van der Waals surface area contributed by atoms with Gasteiger partial charge in [0, 0.05) is 13.1 Å². The molecule has 1 aliphatic heterocycles. The molecule has 2 rings (SSSR count). The van der Waals surface area contributed by atoms with Crippen molar-refractivity contribution in [1.82, 2.24) is 4.90 Å². The van der Waals surface area contributed by atoms with Gasteiger partial charge in [0.25, 0.3) is 5.91 Å². The average molecular weight is 337 g/mol. The van der Waals surface area contributed by atoms with E-state index < -0.39 is 12.1 Å². The molecule has 1 atom stereocenters. The fraction of sp³-hybridized carbons (Fsp3) is 0.529. The topological polar surface area (TPSA) is 74.3 Å². The zero-order valence-corrected chi connectivity index (χ0v) is 14.5. The summed E-state index contributed by atoms with van der Waals surface area (Å²) in [6.07, 6.45) is 1.11. The molecule has 0 saturated carbocycles. The molecule has 1 aromatic carbocycles. The van der Waals surface area contributed by atoms with E-state index in [-0.39, 0.29) is 17.2 Å². The van der Waals surface area contributed by atoms with Crippen molar-refractivity contribution in [3.8, 4) is 17.2 Å². The van der Waals surface area contributed by atoms with Gasteiger partial charge in [-0.1, -0.05) is 0 Å². The molecule has 1 saturated heterocycles. The Morgan fingerprint density at radius 2 is 1.62 bits per heavy atom. The molecule has 1 aromatic rings. The Morgan fingerprint density at radius 1 is 1.00 bits per heavy atom. The number of likely N-dealkylation sites (tertiary alicyclic amines) is 1. The van der Waals surface area contributed by atoms with Crippen molar-refractivity contribution in [3.05, 3.63) is 17.7 Å². The molecule has 7 nitrogen and oxygen atoms in total. The first-order valence-corrected chi connectivity index (χ1v) is 7.82. The molecule has 132 valence electrons. The molecule has 0 aliphatic carbocycles. The minimum Gasteiger partial charge on any atom is -0.493 e. The lowest BCUT2D eigenvalue weighted by atomic mass is 10.1. The number of esters is 1. The third-order valence-electron chi connectivity index (χ3n) is 3.97. The van der Waals surface area contributed by atoms with Crippen LogP contribution in [0.25, 0.3) is 0 Å². The molecule has 1 fully saturated rings. The second-order valence-corrected chi connectivity index (χ2v) is 5.46. The van der Waals surface area contributed by atoms with Crippen LogP contribution in [-0.2, 0) is 9.53 Å². The summed E-state index contributed by atoms with van der Waals surface area (Å²) in [6.45, 7) is 2.99. The van der Waals surface area contributed by atoms with Crippen molar-refractivity contribution in [3.63, 3.8) is 0 Å². The first kappa shape index (κ1) is 17.9. The Labute approximate surface area is 141 Å².